The number of ether oxygens (including phenoxy) is 1. The first kappa shape index (κ1) is 13.1. The van der Waals surface area contributed by atoms with Gasteiger partial charge in [-0.15, -0.1) is 0 Å². The highest BCUT2D eigenvalue weighted by Gasteiger charge is 2.33. The van der Waals surface area contributed by atoms with Crippen molar-refractivity contribution in [3.05, 3.63) is 17.5 Å². The molecule has 0 radical (unpaired) electrons. The third-order valence-corrected chi connectivity index (χ3v) is 3.36. The molecule has 1 saturated heterocycles. The predicted molar refractivity (Wildman–Crippen MR) is 68.4 cm³/mol. The highest BCUT2D eigenvalue weighted by atomic mass is 16.5. The Labute approximate surface area is 108 Å². The number of aromatic nitrogens is 2. The normalized spacial score (nSPS) is 21.1. The van der Waals surface area contributed by atoms with E-state index >= 15 is 0 Å². The first-order valence-corrected chi connectivity index (χ1v) is 6.30. The van der Waals surface area contributed by atoms with Gasteiger partial charge in [0.15, 0.2) is 0 Å². The molecule has 18 heavy (non-hydrogen) atoms. The van der Waals surface area contributed by atoms with E-state index in [9.17, 15) is 4.79 Å². The van der Waals surface area contributed by atoms with Gasteiger partial charge in [-0.05, 0) is 17.9 Å². The fourth-order valence-corrected chi connectivity index (χ4v) is 2.08. The highest BCUT2D eigenvalue weighted by molar-refractivity contribution is 5.93. The number of aromatic amines is 1. The van der Waals surface area contributed by atoms with Gasteiger partial charge in [-0.1, -0.05) is 20.8 Å². The van der Waals surface area contributed by atoms with Crippen LogP contribution in [0.1, 0.15) is 36.8 Å². The molecular formula is C13H21N3O2. The van der Waals surface area contributed by atoms with Gasteiger partial charge in [-0.2, -0.15) is 5.10 Å². The number of hydrogen-bond donors (Lipinski definition) is 1. The average Bonchev–Trinajstić information content (AvgIpc) is 2.73. The highest BCUT2D eigenvalue weighted by Crippen LogP contribution is 2.26. The van der Waals surface area contributed by atoms with E-state index in [1.165, 1.54) is 0 Å². The number of aryl methyl sites for hydroxylation is 1. The molecular weight excluding hydrogens is 230 g/mol. The molecule has 100 valence electrons. The lowest BCUT2D eigenvalue weighted by molar-refractivity contribution is -0.0707. The van der Waals surface area contributed by atoms with Crippen LogP contribution >= 0.6 is 0 Å². The molecule has 1 amide bonds. The molecule has 0 spiro atoms. The molecule has 5 heteroatoms. The first-order chi connectivity index (χ1) is 8.39. The predicted octanol–water partition coefficient (Wildman–Crippen LogP) is 1.61. The van der Waals surface area contributed by atoms with Crippen LogP contribution in [0.15, 0.2) is 6.20 Å². The van der Waals surface area contributed by atoms with Gasteiger partial charge in [0.05, 0.1) is 18.9 Å². The third kappa shape index (κ3) is 2.56. The molecule has 2 heterocycles. The van der Waals surface area contributed by atoms with Gasteiger partial charge in [0.2, 0.25) is 0 Å². The molecule has 0 bridgehead atoms. The van der Waals surface area contributed by atoms with Gasteiger partial charge < -0.3 is 9.64 Å². The van der Waals surface area contributed by atoms with E-state index in [1.807, 2.05) is 11.8 Å². The number of morpholine rings is 1. The number of carbonyl (C=O) groups is 1. The number of amides is 1. The zero-order valence-electron chi connectivity index (χ0n) is 11.5. The van der Waals surface area contributed by atoms with Crippen molar-refractivity contribution in [3.63, 3.8) is 0 Å². The van der Waals surface area contributed by atoms with E-state index in [2.05, 4.69) is 31.0 Å². The van der Waals surface area contributed by atoms with Crippen molar-refractivity contribution in [2.24, 2.45) is 5.41 Å². The van der Waals surface area contributed by atoms with E-state index in [1.54, 1.807) is 6.20 Å². The van der Waals surface area contributed by atoms with Crippen molar-refractivity contribution >= 4 is 5.91 Å². The smallest absolute Gasteiger partial charge is 0.272 e. The molecule has 1 unspecified atom stereocenters. The number of rotatable bonds is 1. The van der Waals surface area contributed by atoms with E-state index in [0.717, 1.165) is 5.56 Å². The van der Waals surface area contributed by atoms with Gasteiger partial charge in [0, 0.05) is 13.1 Å². The Morgan fingerprint density at radius 3 is 2.83 bits per heavy atom. The second-order valence-corrected chi connectivity index (χ2v) is 5.90. The van der Waals surface area contributed by atoms with Gasteiger partial charge in [-0.3, -0.25) is 9.89 Å². The summed E-state index contributed by atoms with van der Waals surface area (Å²) in [6.45, 7) is 10.2. The molecule has 2 rings (SSSR count). The van der Waals surface area contributed by atoms with Crippen molar-refractivity contribution in [1.29, 1.82) is 0 Å². The SMILES string of the molecule is Cc1cn[nH]c1C(=O)N1CCOC(C(C)(C)C)C1. The van der Waals surface area contributed by atoms with Crippen LogP contribution in [0.3, 0.4) is 0 Å². The summed E-state index contributed by atoms with van der Waals surface area (Å²) in [6, 6.07) is 0. The lowest BCUT2D eigenvalue weighted by Gasteiger charge is -2.39. The van der Waals surface area contributed by atoms with Crippen LogP contribution in [0.4, 0.5) is 0 Å². The molecule has 0 aliphatic carbocycles. The fourth-order valence-electron chi connectivity index (χ4n) is 2.08. The topological polar surface area (TPSA) is 58.2 Å². The Kier molecular flexibility index (Phi) is 3.43. The van der Waals surface area contributed by atoms with Gasteiger partial charge in [0.25, 0.3) is 5.91 Å². The van der Waals surface area contributed by atoms with Gasteiger partial charge >= 0.3 is 0 Å². The number of carbonyl (C=O) groups excluding carboxylic acids is 1. The Morgan fingerprint density at radius 2 is 2.28 bits per heavy atom. The molecule has 0 aromatic carbocycles. The lowest BCUT2D eigenvalue weighted by Crippen LogP contribution is -2.50. The van der Waals surface area contributed by atoms with Crippen molar-refractivity contribution in [1.82, 2.24) is 15.1 Å². The Bertz CT molecular complexity index is 434. The molecule has 1 aliphatic rings. The van der Waals surface area contributed by atoms with Crippen LogP contribution in [0.2, 0.25) is 0 Å². The summed E-state index contributed by atoms with van der Waals surface area (Å²) < 4.78 is 5.75. The molecule has 1 atom stereocenters. The maximum absolute atomic E-state index is 12.4. The summed E-state index contributed by atoms with van der Waals surface area (Å²) in [4.78, 5) is 14.2. The van der Waals surface area contributed by atoms with Crippen LogP contribution in [0, 0.1) is 12.3 Å². The first-order valence-electron chi connectivity index (χ1n) is 6.30. The minimum absolute atomic E-state index is 0.0163. The number of hydrogen-bond acceptors (Lipinski definition) is 3. The molecule has 1 aromatic heterocycles. The maximum atomic E-state index is 12.4. The summed E-state index contributed by atoms with van der Waals surface area (Å²) >= 11 is 0. The largest absolute Gasteiger partial charge is 0.374 e. The van der Waals surface area contributed by atoms with E-state index in [0.29, 0.717) is 25.4 Å². The van der Waals surface area contributed by atoms with E-state index in [4.69, 9.17) is 4.74 Å². The van der Waals surface area contributed by atoms with Crippen LogP contribution in [0.5, 0.6) is 0 Å². The van der Waals surface area contributed by atoms with Crippen LogP contribution in [-0.4, -0.2) is 46.8 Å². The van der Waals surface area contributed by atoms with Crippen molar-refractivity contribution in [2.75, 3.05) is 19.7 Å². The standard InChI is InChI=1S/C13H21N3O2/c1-9-7-14-15-11(9)12(17)16-5-6-18-10(8-16)13(2,3)4/h7,10H,5-6,8H2,1-4H3,(H,14,15). The van der Waals surface area contributed by atoms with Crippen molar-refractivity contribution in [2.45, 2.75) is 33.8 Å². The molecule has 5 nitrogen and oxygen atoms in total. The van der Waals surface area contributed by atoms with Gasteiger partial charge in [-0.25, -0.2) is 0 Å². The maximum Gasteiger partial charge on any atom is 0.272 e. The van der Waals surface area contributed by atoms with E-state index in [-0.39, 0.29) is 17.4 Å². The second-order valence-electron chi connectivity index (χ2n) is 5.90. The van der Waals surface area contributed by atoms with Crippen LogP contribution in [-0.2, 0) is 4.74 Å². The third-order valence-electron chi connectivity index (χ3n) is 3.36. The average molecular weight is 251 g/mol. The Morgan fingerprint density at radius 1 is 1.56 bits per heavy atom. The van der Waals surface area contributed by atoms with Crippen LogP contribution < -0.4 is 0 Å². The van der Waals surface area contributed by atoms with Crippen molar-refractivity contribution in [3.8, 4) is 0 Å². The zero-order valence-corrected chi connectivity index (χ0v) is 11.5. The monoisotopic (exact) mass is 251 g/mol. The van der Waals surface area contributed by atoms with Crippen molar-refractivity contribution < 1.29 is 9.53 Å². The Hall–Kier alpha value is -1.36. The molecule has 1 aromatic rings. The summed E-state index contributed by atoms with van der Waals surface area (Å²) in [6.07, 6.45) is 1.76. The lowest BCUT2D eigenvalue weighted by atomic mass is 9.88. The minimum atomic E-state index is 0.0163. The summed E-state index contributed by atoms with van der Waals surface area (Å²) in [7, 11) is 0. The summed E-state index contributed by atoms with van der Waals surface area (Å²) in [5.74, 6) is 0.0163. The van der Waals surface area contributed by atoms with Crippen LogP contribution in [0.25, 0.3) is 0 Å². The fraction of sp³-hybridized carbons (Fsp3) is 0.692. The quantitative estimate of drug-likeness (QED) is 0.825. The number of nitrogens with one attached hydrogen (secondary N) is 1. The molecule has 1 N–H and O–H groups in total. The molecule has 1 aliphatic heterocycles. The number of nitrogens with zero attached hydrogens (tertiary/aromatic N) is 2. The molecule has 1 fully saturated rings. The van der Waals surface area contributed by atoms with E-state index < -0.39 is 0 Å². The minimum Gasteiger partial charge on any atom is -0.374 e. The van der Waals surface area contributed by atoms with Gasteiger partial charge in [0.1, 0.15) is 5.69 Å². The summed E-state index contributed by atoms with van der Waals surface area (Å²) in [5.41, 5.74) is 1.52. The number of H-pyrrole nitrogens is 1. The second kappa shape index (κ2) is 4.72. The zero-order chi connectivity index (χ0) is 13.3. The Balaban J connectivity index is 2.10. The summed E-state index contributed by atoms with van der Waals surface area (Å²) in [5, 5.41) is 6.68. The molecule has 0 saturated carbocycles.